The molecular weight excluding hydrogens is 321 g/mol. The second-order valence-electron chi connectivity index (χ2n) is 3.72. The molecule has 5 nitrogen and oxygen atoms in total. The van der Waals surface area contributed by atoms with Crippen molar-refractivity contribution in [3.05, 3.63) is 44.6 Å². The first-order chi connectivity index (χ1) is 8.49. The molecule has 0 saturated carbocycles. The van der Waals surface area contributed by atoms with Gasteiger partial charge in [0.1, 0.15) is 0 Å². The van der Waals surface area contributed by atoms with Crippen molar-refractivity contribution in [3.63, 3.8) is 0 Å². The van der Waals surface area contributed by atoms with E-state index in [2.05, 4.69) is 26.2 Å². The number of carbonyl (C=O) groups is 1. The van der Waals surface area contributed by atoms with Crippen LogP contribution in [0.5, 0.6) is 0 Å². The van der Waals surface area contributed by atoms with Gasteiger partial charge < -0.3 is 5.11 Å². The fourth-order valence-electron chi connectivity index (χ4n) is 1.52. The summed E-state index contributed by atoms with van der Waals surface area (Å²) in [6.07, 6.45) is 0. The van der Waals surface area contributed by atoms with Crippen molar-refractivity contribution < 1.29 is 9.90 Å². The van der Waals surface area contributed by atoms with Crippen molar-refractivity contribution in [1.82, 2.24) is 15.0 Å². The van der Waals surface area contributed by atoms with Gasteiger partial charge in [0.25, 0.3) is 0 Å². The van der Waals surface area contributed by atoms with Crippen LogP contribution in [0.4, 0.5) is 0 Å². The van der Waals surface area contributed by atoms with E-state index in [-0.39, 0.29) is 5.69 Å². The van der Waals surface area contributed by atoms with Crippen molar-refractivity contribution in [2.24, 2.45) is 0 Å². The van der Waals surface area contributed by atoms with Gasteiger partial charge in [-0.25, -0.2) is 9.48 Å². The molecular formula is C11H9BrClN3O2. The van der Waals surface area contributed by atoms with E-state index in [1.165, 1.54) is 4.68 Å². The number of rotatable bonds is 3. The molecule has 0 unspecified atom stereocenters. The lowest BCUT2D eigenvalue weighted by molar-refractivity contribution is 0.0689. The lowest BCUT2D eigenvalue weighted by Gasteiger charge is -2.06. The predicted octanol–water partition coefficient (Wildman–Crippen LogP) is 2.75. The summed E-state index contributed by atoms with van der Waals surface area (Å²) in [6, 6.07) is 5.50. The molecule has 0 atom stereocenters. The van der Waals surface area contributed by atoms with E-state index in [0.29, 0.717) is 17.3 Å². The highest BCUT2D eigenvalue weighted by molar-refractivity contribution is 9.10. The maximum Gasteiger partial charge on any atom is 0.358 e. The van der Waals surface area contributed by atoms with Crippen LogP contribution in [0.25, 0.3) is 0 Å². The Morgan fingerprint density at radius 2 is 2.28 bits per heavy atom. The number of hydrogen-bond donors (Lipinski definition) is 1. The van der Waals surface area contributed by atoms with E-state index in [4.69, 9.17) is 16.7 Å². The number of benzene rings is 1. The average molecular weight is 331 g/mol. The molecule has 0 aliphatic carbocycles. The largest absolute Gasteiger partial charge is 0.476 e. The summed E-state index contributed by atoms with van der Waals surface area (Å²) in [7, 11) is 0. The number of aromatic carboxylic acids is 1. The van der Waals surface area contributed by atoms with Crippen LogP contribution in [0, 0.1) is 6.92 Å². The molecule has 0 bridgehead atoms. The highest BCUT2D eigenvalue weighted by atomic mass is 79.9. The average Bonchev–Trinajstić information content (AvgIpc) is 2.64. The predicted molar refractivity (Wildman–Crippen MR) is 70.0 cm³/mol. The molecule has 1 aromatic carbocycles. The Balaban J connectivity index is 2.32. The van der Waals surface area contributed by atoms with E-state index in [9.17, 15) is 4.79 Å². The summed E-state index contributed by atoms with van der Waals surface area (Å²) in [5, 5.41) is 16.9. The van der Waals surface area contributed by atoms with Gasteiger partial charge in [-0.05, 0) is 24.6 Å². The molecule has 18 heavy (non-hydrogen) atoms. The summed E-state index contributed by atoms with van der Waals surface area (Å²) in [5.74, 6) is -1.08. The van der Waals surface area contributed by atoms with Crippen LogP contribution in [0.3, 0.4) is 0 Å². The number of nitrogens with zero attached hydrogens (tertiary/aromatic N) is 3. The lowest BCUT2D eigenvalue weighted by Crippen LogP contribution is -2.06. The van der Waals surface area contributed by atoms with Gasteiger partial charge in [0.05, 0.1) is 12.2 Å². The van der Waals surface area contributed by atoms with Gasteiger partial charge in [-0.15, -0.1) is 5.10 Å². The summed E-state index contributed by atoms with van der Waals surface area (Å²) in [5.41, 5.74) is 1.31. The van der Waals surface area contributed by atoms with Crippen molar-refractivity contribution in [2.45, 2.75) is 13.5 Å². The van der Waals surface area contributed by atoms with Gasteiger partial charge in [0, 0.05) is 9.50 Å². The van der Waals surface area contributed by atoms with Gasteiger partial charge >= 0.3 is 5.97 Å². The van der Waals surface area contributed by atoms with Gasteiger partial charge in [0.15, 0.2) is 5.69 Å². The highest BCUT2D eigenvalue weighted by Gasteiger charge is 2.15. The Kier molecular flexibility index (Phi) is 3.68. The molecule has 0 radical (unpaired) electrons. The van der Waals surface area contributed by atoms with Crippen LogP contribution in [0.15, 0.2) is 22.7 Å². The molecule has 0 amide bonds. The Morgan fingerprint density at radius 3 is 2.83 bits per heavy atom. The van der Waals surface area contributed by atoms with Crippen LogP contribution in [0.2, 0.25) is 5.02 Å². The van der Waals surface area contributed by atoms with Gasteiger partial charge in [-0.3, -0.25) is 0 Å². The van der Waals surface area contributed by atoms with E-state index in [0.717, 1.165) is 10.0 Å². The van der Waals surface area contributed by atoms with E-state index < -0.39 is 5.97 Å². The number of hydrogen-bond acceptors (Lipinski definition) is 3. The van der Waals surface area contributed by atoms with Crippen molar-refractivity contribution in [3.8, 4) is 0 Å². The molecule has 0 spiro atoms. The highest BCUT2D eigenvalue weighted by Crippen LogP contribution is 2.22. The van der Waals surface area contributed by atoms with Crippen LogP contribution < -0.4 is 0 Å². The molecule has 0 aliphatic rings. The zero-order chi connectivity index (χ0) is 13.3. The second kappa shape index (κ2) is 5.07. The molecule has 7 heteroatoms. The van der Waals surface area contributed by atoms with Gasteiger partial charge in [-0.1, -0.05) is 38.8 Å². The van der Waals surface area contributed by atoms with E-state index in [1.54, 1.807) is 13.0 Å². The summed E-state index contributed by atoms with van der Waals surface area (Å²) >= 11 is 9.42. The minimum atomic E-state index is -1.08. The van der Waals surface area contributed by atoms with Crippen LogP contribution in [-0.2, 0) is 6.54 Å². The number of carboxylic acid groups (broad SMARTS) is 1. The van der Waals surface area contributed by atoms with Crippen LogP contribution in [-0.4, -0.2) is 26.1 Å². The van der Waals surface area contributed by atoms with Gasteiger partial charge in [0.2, 0.25) is 0 Å². The van der Waals surface area contributed by atoms with Crippen molar-refractivity contribution in [2.75, 3.05) is 0 Å². The summed E-state index contributed by atoms with van der Waals surface area (Å²) in [6.45, 7) is 2.05. The van der Waals surface area contributed by atoms with Crippen molar-refractivity contribution >= 4 is 33.5 Å². The molecule has 1 aromatic heterocycles. The third kappa shape index (κ3) is 2.54. The fraction of sp³-hybridized carbons (Fsp3) is 0.182. The Labute approximate surface area is 117 Å². The maximum absolute atomic E-state index is 10.9. The van der Waals surface area contributed by atoms with Crippen LogP contribution >= 0.6 is 27.5 Å². The summed E-state index contributed by atoms with van der Waals surface area (Å²) in [4.78, 5) is 10.9. The minimum absolute atomic E-state index is 0.0387. The molecule has 1 heterocycles. The molecule has 1 N–H and O–H groups in total. The SMILES string of the molecule is Cc1c(C(=O)O)nnn1Cc1ccc(Br)cc1Cl. The van der Waals surface area contributed by atoms with Gasteiger partial charge in [-0.2, -0.15) is 0 Å². The third-order valence-corrected chi connectivity index (χ3v) is 3.37. The number of carboxylic acids is 1. The smallest absolute Gasteiger partial charge is 0.358 e. The molecule has 94 valence electrons. The maximum atomic E-state index is 10.9. The Morgan fingerprint density at radius 1 is 1.56 bits per heavy atom. The van der Waals surface area contributed by atoms with E-state index >= 15 is 0 Å². The third-order valence-electron chi connectivity index (χ3n) is 2.52. The monoisotopic (exact) mass is 329 g/mol. The van der Waals surface area contributed by atoms with E-state index in [1.807, 2.05) is 12.1 Å². The lowest BCUT2D eigenvalue weighted by atomic mass is 10.2. The fourth-order valence-corrected chi connectivity index (χ4v) is 2.25. The molecule has 2 rings (SSSR count). The minimum Gasteiger partial charge on any atom is -0.476 e. The zero-order valence-corrected chi connectivity index (χ0v) is 11.7. The van der Waals surface area contributed by atoms with Crippen LogP contribution in [0.1, 0.15) is 21.7 Å². The number of halogens is 2. The molecule has 0 aliphatic heterocycles. The summed E-state index contributed by atoms with van der Waals surface area (Å²) < 4.78 is 2.40. The number of aromatic nitrogens is 3. The normalized spacial score (nSPS) is 10.6. The molecule has 0 fully saturated rings. The quantitative estimate of drug-likeness (QED) is 0.939. The Bertz CT molecular complexity index is 612. The Hall–Kier alpha value is -1.40. The zero-order valence-electron chi connectivity index (χ0n) is 9.39. The second-order valence-corrected chi connectivity index (χ2v) is 5.04. The topological polar surface area (TPSA) is 68.0 Å². The first kappa shape index (κ1) is 13.0. The molecule has 0 saturated heterocycles. The standard InChI is InChI=1S/C11H9BrClN3O2/c1-6-10(11(17)18)14-15-16(6)5-7-2-3-8(12)4-9(7)13/h2-4H,5H2,1H3,(H,17,18). The first-order valence-electron chi connectivity index (χ1n) is 5.06. The van der Waals surface area contributed by atoms with Crippen molar-refractivity contribution in [1.29, 1.82) is 0 Å². The first-order valence-corrected chi connectivity index (χ1v) is 6.23. The molecule has 2 aromatic rings.